The van der Waals surface area contributed by atoms with Crippen LogP contribution in [0.1, 0.15) is 32.7 Å². The second-order valence-corrected chi connectivity index (χ2v) is 7.98. The predicted octanol–water partition coefficient (Wildman–Crippen LogP) is 2.14. The van der Waals surface area contributed by atoms with E-state index in [9.17, 15) is 28.4 Å². The van der Waals surface area contributed by atoms with E-state index >= 15 is 0 Å². The first kappa shape index (κ1) is 18.9. The van der Waals surface area contributed by atoms with Crippen LogP contribution in [0.3, 0.4) is 0 Å². The second-order valence-electron chi connectivity index (χ2n) is 7.98. The summed E-state index contributed by atoms with van der Waals surface area (Å²) in [6.07, 6.45) is -1.97. The van der Waals surface area contributed by atoms with Crippen molar-refractivity contribution in [3.63, 3.8) is 0 Å². The molecule has 0 atom stereocenters. The Kier molecular flexibility index (Phi) is 4.42. The third kappa shape index (κ3) is 4.09. The third-order valence-corrected chi connectivity index (χ3v) is 4.69. The van der Waals surface area contributed by atoms with Gasteiger partial charge in [0.2, 0.25) is 0 Å². The molecular formula is C15H21F3N4O4. The van der Waals surface area contributed by atoms with Crippen LogP contribution in [-0.4, -0.2) is 62.7 Å². The fraction of sp³-hybridized carbons (Fsp3) is 0.800. The number of halogens is 3. The number of β-amino-alcohol motifs (C(OH)–C–C–N with tert-alkyl or cyclic N) is 1. The van der Waals surface area contributed by atoms with E-state index in [-0.39, 0.29) is 11.5 Å². The van der Waals surface area contributed by atoms with Crippen LogP contribution in [0.25, 0.3) is 0 Å². The molecule has 1 aliphatic carbocycles. The number of alkyl halides is 3. The molecule has 0 unspecified atom stereocenters. The van der Waals surface area contributed by atoms with Gasteiger partial charge in [0, 0.05) is 19.6 Å². The highest BCUT2D eigenvalue weighted by Crippen LogP contribution is 2.54. The fourth-order valence-electron chi connectivity index (χ4n) is 3.88. The zero-order valence-electron chi connectivity index (χ0n) is 14.5. The summed E-state index contributed by atoms with van der Waals surface area (Å²) in [6.45, 7) is 4.09. The molecule has 146 valence electrons. The SMILES string of the molecule is CC(C)(O)CN1CC2(CC(n3cc([N+](=O)[O-])c(OCC(F)(F)F)n3)C2)C1. The fourth-order valence-corrected chi connectivity index (χ4v) is 3.88. The van der Waals surface area contributed by atoms with Gasteiger partial charge in [0.25, 0.3) is 0 Å². The van der Waals surface area contributed by atoms with Gasteiger partial charge in [0.1, 0.15) is 6.20 Å². The molecule has 2 aliphatic rings. The Hall–Kier alpha value is -1.88. The van der Waals surface area contributed by atoms with Crippen LogP contribution in [0.15, 0.2) is 6.20 Å². The molecule has 0 aromatic carbocycles. The van der Waals surface area contributed by atoms with E-state index in [0.29, 0.717) is 6.54 Å². The van der Waals surface area contributed by atoms with Gasteiger partial charge in [-0.15, -0.1) is 5.10 Å². The van der Waals surface area contributed by atoms with Crippen LogP contribution in [0, 0.1) is 15.5 Å². The molecule has 1 aromatic rings. The molecule has 0 amide bonds. The van der Waals surface area contributed by atoms with Gasteiger partial charge in [-0.3, -0.25) is 19.7 Å². The van der Waals surface area contributed by atoms with E-state index < -0.39 is 34.9 Å². The van der Waals surface area contributed by atoms with Crippen molar-refractivity contribution in [3.05, 3.63) is 16.3 Å². The van der Waals surface area contributed by atoms with E-state index in [1.807, 2.05) is 0 Å². The molecule has 1 spiro atoms. The molecule has 1 N–H and O–H groups in total. The molecule has 1 saturated heterocycles. The Balaban J connectivity index is 1.59. The minimum atomic E-state index is -4.59. The zero-order chi connectivity index (χ0) is 19.3. The quantitative estimate of drug-likeness (QED) is 0.602. The van der Waals surface area contributed by atoms with Crippen molar-refractivity contribution in [1.82, 2.24) is 14.7 Å². The zero-order valence-corrected chi connectivity index (χ0v) is 14.5. The Bertz CT molecular complexity index is 684. The van der Waals surface area contributed by atoms with Crippen molar-refractivity contribution in [2.75, 3.05) is 26.2 Å². The second kappa shape index (κ2) is 6.08. The number of nitrogens with zero attached hydrogens (tertiary/aromatic N) is 4. The molecule has 11 heteroatoms. The average molecular weight is 378 g/mol. The van der Waals surface area contributed by atoms with E-state index in [0.717, 1.165) is 32.1 Å². The normalized spacial score (nSPS) is 20.7. The van der Waals surface area contributed by atoms with Crippen LogP contribution < -0.4 is 4.74 Å². The van der Waals surface area contributed by atoms with Crippen molar-refractivity contribution in [2.24, 2.45) is 5.41 Å². The van der Waals surface area contributed by atoms with Crippen molar-refractivity contribution in [2.45, 2.75) is 44.5 Å². The maximum atomic E-state index is 12.3. The molecule has 2 fully saturated rings. The highest BCUT2D eigenvalue weighted by molar-refractivity contribution is 5.38. The Morgan fingerprint density at radius 1 is 1.42 bits per heavy atom. The van der Waals surface area contributed by atoms with E-state index in [1.54, 1.807) is 13.8 Å². The molecule has 2 heterocycles. The molecular weight excluding hydrogens is 357 g/mol. The topological polar surface area (TPSA) is 93.7 Å². The lowest BCUT2D eigenvalue weighted by atomic mass is 9.60. The third-order valence-electron chi connectivity index (χ3n) is 4.69. The molecule has 1 saturated carbocycles. The number of hydrogen-bond donors (Lipinski definition) is 1. The van der Waals surface area contributed by atoms with Gasteiger partial charge in [0.05, 0.1) is 16.6 Å². The van der Waals surface area contributed by atoms with Gasteiger partial charge in [-0.25, -0.2) is 0 Å². The first-order valence-electron chi connectivity index (χ1n) is 8.24. The summed E-state index contributed by atoms with van der Waals surface area (Å²) in [4.78, 5) is 12.4. The number of hydrogen-bond acceptors (Lipinski definition) is 6. The summed E-state index contributed by atoms with van der Waals surface area (Å²) < 4.78 is 42.7. The summed E-state index contributed by atoms with van der Waals surface area (Å²) in [5.74, 6) is -0.606. The predicted molar refractivity (Wildman–Crippen MR) is 83.9 cm³/mol. The summed E-state index contributed by atoms with van der Waals surface area (Å²) >= 11 is 0. The van der Waals surface area contributed by atoms with Crippen molar-refractivity contribution >= 4 is 5.69 Å². The summed E-state index contributed by atoms with van der Waals surface area (Å²) in [5.41, 5.74) is -1.23. The molecule has 26 heavy (non-hydrogen) atoms. The van der Waals surface area contributed by atoms with Gasteiger partial charge in [-0.2, -0.15) is 13.2 Å². The highest BCUT2D eigenvalue weighted by Gasteiger charge is 2.53. The van der Waals surface area contributed by atoms with Gasteiger partial charge in [0.15, 0.2) is 6.61 Å². The van der Waals surface area contributed by atoms with Crippen molar-refractivity contribution < 1.29 is 27.9 Å². The van der Waals surface area contributed by atoms with Crippen LogP contribution in [0.2, 0.25) is 0 Å². The summed E-state index contributed by atoms with van der Waals surface area (Å²) in [5, 5.41) is 24.7. The van der Waals surface area contributed by atoms with Gasteiger partial charge in [-0.05, 0) is 32.1 Å². The van der Waals surface area contributed by atoms with E-state index in [2.05, 4.69) is 14.7 Å². The Morgan fingerprint density at radius 2 is 2.04 bits per heavy atom. The molecule has 1 aliphatic heterocycles. The standard InChI is InChI=1S/C15H21F3N4O4/c1-13(2,23)6-20-7-14(8-20)3-10(4-14)21-5-11(22(24)25)12(19-21)26-9-15(16,17)18/h5,10,23H,3-4,6-9H2,1-2H3. The number of aliphatic hydroxyl groups is 1. The minimum Gasteiger partial charge on any atom is -0.462 e. The summed E-state index contributed by atoms with van der Waals surface area (Å²) in [6, 6.07) is -0.0961. The highest BCUT2D eigenvalue weighted by atomic mass is 19.4. The molecule has 0 radical (unpaired) electrons. The Labute approximate surface area is 147 Å². The first-order chi connectivity index (χ1) is 11.9. The number of likely N-dealkylation sites (tertiary alicyclic amines) is 1. The monoisotopic (exact) mass is 378 g/mol. The minimum absolute atomic E-state index is 0.0961. The van der Waals surface area contributed by atoms with Crippen LogP contribution in [0.5, 0.6) is 5.88 Å². The summed E-state index contributed by atoms with van der Waals surface area (Å²) in [7, 11) is 0. The van der Waals surface area contributed by atoms with Crippen molar-refractivity contribution in [1.29, 1.82) is 0 Å². The van der Waals surface area contributed by atoms with Crippen molar-refractivity contribution in [3.8, 4) is 5.88 Å². The van der Waals surface area contributed by atoms with Crippen LogP contribution in [-0.2, 0) is 0 Å². The average Bonchev–Trinajstić information content (AvgIpc) is 2.79. The largest absolute Gasteiger partial charge is 0.462 e. The van der Waals surface area contributed by atoms with Gasteiger partial charge >= 0.3 is 17.7 Å². The maximum Gasteiger partial charge on any atom is 0.422 e. The molecule has 3 rings (SSSR count). The maximum absolute atomic E-state index is 12.3. The lowest BCUT2D eigenvalue weighted by Gasteiger charge is -2.59. The molecule has 0 bridgehead atoms. The van der Waals surface area contributed by atoms with Gasteiger partial charge < -0.3 is 9.84 Å². The smallest absolute Gasteiger partial charge is 0.422 e. The lowest BCUT2D eigenvalue weighted by molar-refractivity contribution is -0.386. The number of nitro groups is 1. The number of rotatable bonds is 6. The van der Waals surface area contributed by atoms with Crippen LogP contribution >= 0.6 is 0 Å². The van der Waals surface area contributed by atoms with Gasteiger partial charge in [-0.1, -0.05) is 0 Å². The first-order valence-corrected chi connectivity index (χ1v) is 8.24. The number of ether oxygens (including phenoxy) is 1. The molecule has 1 aromatic heterocycles. The Morgan fingerprint density at radius 3 is 2.54 bits per heavy atom. The lowest BCUT2D eigenvalue weighted by Crippen LogP contribution is -2.64. The number of aromatic nitrogens is 2. The van der Waals surface area contributed by atoms with E-state index in [4.69, 9.17) is 0 Å². The molecule has 8 nitrogen and oxygen atoms in total. The van der Waals surface area contributed by atoms with Crippen LogP contribution in [0.4, 0.5) is 18.9 Å². The van der Waals surface area contributed by atoms with E-state index in [1.165, 1.54) is 4.68 Å².